The Labute approximate surface area is 135 Å². The molecule has 1 N–H and O–H groups in total. The summed E-state index contributed by atoms with van der Waals surface area (Å²) < 4.78 is 4.72. The Balaban J connectivity index is 1.79. The van der Waals surface area contributed by atoms with Crippen LogP contribution in [0, 0.1) is 0 Å². The van der Waals surface area contributed by atoms with Crippen LogP contribution >= 0.6 is 0 Å². The number of nitrogens with one attached hydrogen (secondary N) is 1. The van der Waals surface area contributed by atoms with Crippen LogP contribution in [-0.2, 0) is 12.1 Å². The van der Waals surface area contributed by atoms with Crippen molar-refractivity contribution >= 4 is 22.4 Å². The van der Waals surface area contributed by atoms with Gasteiger partial charge in [0.05, 0.1) is 11.9 Å². The summed E-state index contributed by atoms with van der Waals surface area (Å²) in [5.74, 6) is 1.05. The minimum Gasteiger partial charge on any atom is -0.337 e. The van der Waals surface area contributed by atoms with E-state index in [1.165, 1.54) is 27.9 Å². The van der Waals surface area contributed by atoms with Gasteiger partial charge < -0.3 is 4.57 Å². The fraction of sp³-hybridized carbons (Fsp3) is 0.263. The first-order valence-electron chi connectivity index (χ1n) is 8.12. The molecule has 0 atom stereocenters. The van der Waals surface area contributed by atoms with Crippen molar-refractivity contribution in [1.29, 1.82) is 0 Å². The molecule has 0 aliphatic carbocycles. The molecule has 4 nitrogen and oxygen atoms in total. The van der Waals surface area contributed by atoms with Gasteiger partial charge in [-0.05, 0) is 32.4 Å². The Hall–Kier alpha value is -2.62. The van der Waals surface area contributed by atoms with Crippen LogP contribution in [-0.4, -0.2) is 9.55 Å². The van der Waals surface area contributed by atoms with Gasteiger partial charge in [0.2, 0.25) is 0 Å². The molecule has 0 amide bonds. The number of benzene rings is 1. The summed E-state index contributed by atoms with van der Waals surface area (Å²) in [6.07, 6.45) is 6.90. The van der Waals surface area contributed by atoms with Gasteiger partial charge in [-0.3, -0.25) is 4.98 Å². The molecule has 2 aliphatic rings. The lowest BCUT2D eigenvalue weighted by Crippen LogP contribution is -2.58. The van der Waals surface area contributed by atoms with Crippen LogP contribution in [0.2, 0.25) is 0 Å². The van der Waals surface area contributed by atoms with Gasteiger partial charge in [0.15, 0.2) is 5.70 Å². The summed E-state index contributed by atoms with van der Waals surface area (Å²) in [6, 6.07) is 10.9. The Morgan fingerprint density at radius 2 is 2.13 bits per heavy atom. The monoisotopic (exact) mass is 303 g/mol. The first-order chi connectivity index (χ1) is 11.2. The van der Waals surface area contributed by atoms with E-state index in [9.17, 15) is 0 Å². The maximum atomic E-state index is 4.29. The van der Waals surface area contributed by atoms with E-state index in [0.717, 1.165) is 18.8 Å². The van der Waals surface area contributed by atoms with Crippen molar-refractivity contribution in [3.05, 3.63) is 60.2 Å². The quantitative estimate of drug-likeness (QED) is 0.647. The molecule has 2 aliphatic heterocycles. The molecule has 0 radical (unpaired) electrons. The standard InChI is InChI=1S/C19H18N4/c1-19(2)14-7-9-22-15-6-4-3-5-13(15)11-16(22)18(14)21-17-12-20-8-10-23(17)19/h3-6,8,10-12H,7,9H2,1-2H3/p+1. The Kier molecular flexibility index (Phi) is 2.36. The lowest BCUT2D eigenvalue weighted by Gasteiger charge is -2.35. The fourth-order valence-corrected chi connectivity index (χ4v) is 4.13. The highest BCUT2D eigenvalue weighted by Gasteiger charge is 2.42. The molecule has 5 rings (SSSR count). The van der Waals surface area contributed by atoms with Crippen molar-refractivity contribution in [3.63, 3.8) is 0 Å². The number of nitrogens with zero attached hydrogens (tertiary/aromatic N) is 3. The van der Waals surface area contributed by atoms with Crippen LogP contribution in [0.25, 0.3) is 16.6 Å². The van der Waals surface area contributed by atoms with Crippen LogP contribution in [0.4, 0.5) is 5.82 Å². The zero-order valence-electron chi connectivity index (χ0n) is 13.4. The molecule has 0 fully saturated rings. The molecule has 0 unspecified atom stereocenters. The van der Waals surface area contributed by atoms with Gasteiger partial charge in [-0.1, -0.05) is 18.2 Å². The number of anilines is 1. The summed E-state index contributed by atoms with van der Waals surface area (Å²) in [7, 11) is 0. The van der Waals surface area contributed by atoms with Crippen molar-refractivity contribution in [2.75, 3.05) is 5.32 Å². The summed E-state index contributed by atoms with van der Waals surface area (Å²) in [5, 5.41) is 4.94. The maximum absolute atomic E-state index is 4.29. The minimum atomic E-state index is -0.0411. The number of hydrogen-bond donors (Lipinski definition) is 1. The topological polar surface area (TPSA) is 33.7 Å². The van der Waals surface area contributed by atoms with Gasteiger partial charge in [-0.15, -0.1) is 0 Å². The molecule has 0 saturated carbocycles. The summed E-state index contributed by atoms with van der Waals surface area (Å²) >= 11 is 0. The molecule has 23 heavy (non-hydrogen) atoms. The fourth-order valence-electron chi connectivity index (χ4n) is 4.13. The summed E-state index contributed by atoms with van der Waals surface area (Å²) in [6.45, 7) is 5.63. The van der Waals surface area contributed by atoms with E-state index < -0.39 is 0 Å². The largest absolute Gasteiger partial charge is 0.337 e. The maximum Gasteiger partial charge on any atom is 0.298 e. The lowest BCUT2D eigenvalue weighted by atomic mass is 9.85. The third-order valence-electron chi connectivity index (χ3n) is 5.31. The minimum absolute atomic E-state index is 0.0411. The molecule has 4 heterocycles. The second-order valence-corrected chi connectivity index (χ2v) is 6.86. The van der Waals surface area contributed by atoms with Gasteiger partial charge in [0, 0.05) is 23.0 Å². The van der Waals surface area contributed by atoms with E-state index in [-0.39, 0.29) is 5.54 Å². The first kappa shape index (κ1) is 12.9. The zero-order valence-corrected chi connectivity index (χ0v) is 13.4. The number of para-hydroxylation sites is 1. The van der Waals surface area contributed by atoms with E-state index in [4.69, 9.17) is 0 Å². The molecule has 0 saturated heterocycles. The molecular weight excluding hydrogens is 284 g/mol. The molecule has 0 spiro atoms. The molecule has 114 valence electrons. The second-order valence-electron chi connectivity index (χ2n) is 6.86. The van der Waals surface area contributed by atoms with Crippen molar-refractivity contribution in [3.8, 4) is 0 Å². The molecular formula is C19H19N4+. The summed E-state index contributed by atoms with van der Waals surface area (Å²) in [4.78, 5) is 4.29. The van der Waals surface area contributed by atoms with E-state index >= 15 is 0 Å². The molecule has 3 aromatic rings. The van der Waals surface area contributed by atoms with E-state index in [1.54, 1.807) is 0 Å². The average Bonchev–Trinajstić information content (AvgIpc) is 2.94. The highest BCUT2D eigenvalue weighted by atomic mass is 15.2. The van der Waals surface area contributed by atoms with Crippen molar-refractivity contribution in [2.45, 2.75) is 32.4 Å². The van der Waals surface area contributed by atoms with Crippen molar-refractivity contribution < 1.29 is 4.57 Å². The van der Waals surface area contributed by atoms with Crippen LogP contribution in [0.15, 0.2) is 54.5 Å². The number of hydrogen-bond acceptors (Lipinski definition) is 2. The van der Waals surface area contributed by atoms with Gasteiger partial charge in [0.1, 0.15) is 17.9 Å². The first-order valence-corrected chi connectivity index (χ1v) is 8.12. The Morgan fingerprint density at radius 3 is 3.04 bits per heavy atom. The van der Waals surface area contributed by atoms with Crippen LogP contribution < -0.4 is 9.88 Å². The third-order valence-corrected chi connectivity index (χ3v) is 5.31. The number of aromatic nitrogens is 3. The lowest BCUT2D eigenvalue weighted by molar-refractivity contribution is -0.737. The average molecular weight is 303 g/mol. The predicted octanol–water partition coefficient (Wildman–Crippen LogP) is 3.30. The van der Waals surface area contributed by atoms with Crippen LogP contribution in [0.3, 0.4) is 0 Å². The normalized spacial score (nSPS) is 18.2. The smallest absolute Gasteiger partial charge is 0.298 e. The highest BCUT2D eigenvalue weighted by Crippen LogP contribution is 2.40. The molecule has 0 bridgehead atoms. The second kappa shape index (κ2) is 4.22. The van der Waals surface area contributed by atoms with E-state index in [2.05, 4.69) is 69.8 Å². The Bertz CT molecular complexity index is 978. The Morgan fingerprint density at radius 1 is 1.26 bits per heavy atom. The number of aryl methyl sites for hydroxylation is 1. The van der Waals surface area contributed by atoms with Gasteiger partial charge in [0.25, 0.3) is 5.82 Å². The molecule has 1 aromatic carbocycles. The van der Waals surface area contributed by atoms with Gasteiger partial charge in [-0.25, -0.2) is 9.88 Å². The van der Waals surface area contributed by atoms with E-state index in [1.807, 2.05) is 12.4 Å². The zero-order chi connectivity index (χ0) is 15.6. The highest BCUT2D eigenvalue weighted by molar-refractivity contribution is 5.89. The third kappa shape index (κ3) is 1.61. The number of fused-ring (bicyclic) bond motifs is 5. The summed E-state index contributed by atoms with van der Waals surface area (Å²) in [5.41, 5.74) is 5.29. The molecule has 2 aromatic heterocycles. The van der Waals surface area contributed by atoms with Gasteiger partial charge >= 0.3 is 0 Å². The van der Waals surface area contributed by atoms with Crippen molar-refractivity contribution in [2.24, 2.45) is 0 Å². The number of allylic oxidation sites excluding steroid dienone is 1. The van der Waals surface area contributed by atoms with Crippen LogP contribution in [0.5, 0.6) is 0 Å². The van der Waals surface area contributed by atoms with Crippen LogP contribution in [0.1, 0.15) is 26.0 Å². The molecule has 4 heteroatoms. The van der Waals surface area contributed by atoms with Gasteiger partial charge in [-0.2, -0.15) is 0 Å². The van der Waals surface area contributed by atoms with E-state index in [0.29, 0.717) is 0 Å². The SMILES string of the molecule is CC1(C)C2=C(Nc3cncc[n+]31)c1cc3ccccc3n1CC2. The van der Waals surface area contributed by atoms with Crippen molar-refractivity contribution in [1.82, 2.24) is 9.55 Å². The number of rotatable bonds is 0. The predicted molar refractivity (Wildman–Crippen MR) is 90.9 cm³/mol.